The van der Waals surface area contributed by atoms with Crippen LogP contribution in [0.2, 0.25) is 0 Å². The molecule has 21 heavy (non-hydrogen) atoms. The number of aromatic nitrogens is 1. The number of anilines is 1. The largest absolute Gasteiger partial charge is 0.360 e. The molecule has 2 unspecified atom stereocenters. The molecule has 1 heterocycles. The number of aryl methyl sites for hydroxylation is 1. The lowest BCUT2D eigenvalue weighted by Crippen LogP contribution is -2.29. The van der Waals surface area contributed by atoms with Gasteiger partial charge in [-0.25, -0.2) is 4.39 Å². The molecule has 2 rings (SSSR count). The minimum Gasteiger partial charge on any atom is -0.360 e. The van der Waals surface area contributed by atoms with Crippen molar-refractivity contribution in [2.45, 2.75) is 24.9 Å². The standard InChI is InChI=1S/C14H15FN2O3S/c1-9-7-13(17-20-9)16-14(18)10(2)21(19)8-11-3-5-12(15)6-4-11/h3-7,10H,8H2,1-2H3,(H,16,17,18). The smallest absolute Gasteiger partial charge is 0.241 e. The normalized spacial score (nSPS) is 13.7. The van der Waals surface area contributed by atoms with Gasteiger partial charge >= 0.3 is 0 Å². The van der Waals surface area contributed by atoms with Gasteiger partial charge in [-0.05, 0) is 31.5 Å². The third-order valence-corrected chi connectivity index (χ3v) is 4.49. The van der Waals surface area contributed by atoms with Gasteiger partial charge in [-0.1, -0.05) is 17.3 Å². The lowest BCUT2D eigenvalue weighted by atomic mass is 10.2. The summed E-state index contributed by atoms with van der Waals surface area (Å²) >= 11 is 0. The van der Waals surface area contributed by atoms with Gasteiger partial charge in [0.25, 0.3) is 0 Å². The van der Waals surface area contributed by atoms with Crippen LogP contribution in [0.3, 0.4) is 0 Å². The Morgan fingerprint density at radius 1 is 1.43 bits per heavy atom. The average molecular weight is 310 g/mol. The van der Waals surface area contributed by atoms with Gasteiger partial charge in [0, 0.05) is 22.6 Å². The number of nitrogens with one attached hydrogen (secondary N) is 1. The van der Waals surface area contributed by atoms with Crippen LogP contribution in [-0.2, 0) is 21.3 Å². The Kier molecular flexibility index (Phi) is 4.85. The Morgan fingerprint density at radius 2 is 2.10 bits per heavy atom. The summed E-state index contributed by atoms with van der Waals surface area (Å²) in [6, 6.07) is 7.29. The second kappa shape index (κ2) is 6.62. The summed E-state index contributed by atoms with van der Waals surface area (Å²) in [4.78, 5) is 12.0. The van der Waals surface area contributed by atoms with Crippen LogP contribution in [0.5, 0.6) is 0 Å². The highest BCUT2D eigenvalue weighted by Gasteiger charge is 2.21. The fourth-order valence-corrected chi connectivity index (χ4v) is 2.71. The third kappa shape index (κ3) is 4.22. The van der Waals surface area contributed by atoms with Gasteiger partial charge in [0.15, 0.2) is 5.82 Å². The third-order valence-electron chi connectivity index (χ3n) is 2.86. The number of amides is 1. The summed E-state index contributed by atoms with van der Waals surface area (Å²) in [6.45, 7) is 3.28. The fourth-order valence-electron chi connectivity index (χ4n) is 1.64. The molecule has 0 saturated heterocycles. The first kappa shape index (κ1) is 15.4. The SMILES string of the molecule is Cc1cc(NC(=O)C(C)S(=O)Cc2ccc(F)cc2)no1. The Labute approximate surface area is 124 Å². The molecule has 0 radical (unpaired) electrons. The van der Waals surface area contributed by atoms with Crippen LogP contribution in [0, 0.1) is 12.7 Å². The van der Waals surface area contributed by atoms with Crippen molar-refractivity contribution in [1.82, 2.24) is 5.16 Å². The van der Waals surface area contributed by atoms with E-state index in [4.69, 9.17) is 4.52 Å². The predicted octanol–water partition coefficient (Wildman–Crippen LogP) is 2.40. The molecule has 1 aromatic heterocycles. The maximum absolute atomic E-state index is 12.8. The van der Waals surface area contributed by atoms with E-state index in [2.05, 4.69) is 10.5 Å². The molecule has 0 saturated carbocycles. The summed E-state index contributed by atoms with van der Waals surface area (Å²) in [7, 11) is -1.41. The zero-order valence-corrected chi connectivity index (χ0v) is 12.4. The van der Waals surface area contributed by atoms with Gasteiger partial charge < -0.3 is 9.84 Å². The Bertz CT molecular complexity index is 654. The van der Waals surface area contributed by atoms with Crippen LogP contribution in [0.4, 0.5) is 10.2 Å². The van der Waals surface area contributed by atoms with Gasteiger partial charge in [-0.3, -0.25) is 9.00 Å². The average Bonchev–Trinajstić information content (AvgIpc) is 2.85. The Morgan fingerprint density at radius 3 is 2.67 bits per heavy atom. The summed E-state index contributed by atoms with van der Waals surface area (Å²) < 4.78 is 29.8. The summed E-state index contributed by atoms with van der Waals surface area (Å²) in [6.07, 6.45) is 0. The fraction of sp³-hybridized carbons (Fsp3) is 0.286. The lowest BCUT2D eigenvalue weighted by Gasteiger charge is -2.10. The van der Waals surface area contributed by atoms with E-state index in [9.17, 15) is 13.4 Å². The van der Waals surface area contributed by atoms with Crippen molar-refractivity contribution in [3.63, 3.8) is 0 Å². The van der Waals surface area contributed by atoms with E-state index in [1.165, 1.54) is 12.1 Å². The number of halogens is 1. The van der Waals surface area contributed by atoms with Crippen molar-refractivity contribution in [2.24, 2.45) is 0 Å². The van der Waals surface area contributed by atoms with Crippen LogP contribution in [-0.4, -0.2) is 20.5 Å². The first-order chi connectivity index (χ1) is 9.95. The van der Waals surface area contributed by atoms with E-state index in [1.54, 1.807) is 32.0 Å². The van der Waals surface area contributed by atoms with E-state index >= 15 is 0 Å². The quantitative estimate of drug-likeness (QED) is 0.920. The zero-order valence-electron chi connectivity index (χ0n) is 11.6. The second-order valence-electron chi connectivity index (χ2n) is 4.61. The zero-order chi connectivity index (χ0) is 15.4. The van der Waals surface area contributed by atoms with Gasteiger partial charge in [0.1, 0.15) is 16.8 Å². The Hall–Kier alpha value is -2.02. The molecule has 5 nitrogen and oxygen atoms in total. The molecule has 7 heteroatoms. The van der Waals surface area contributed by atoms with Gasteiger partial charge in [-0.2, -0.15) is 0 Å². The molecule has 2 atom stereocenters. The topological polar surface area (TPSA) is 72.2 Å². The highest BCUT2D eigenvalue weighted by Crippen LogP contribution is 2.12. The minimum absolute atomic E-state index is 0.187. The molecule has 0 bridgehead atoms. The number of carbonyl (C=O) groups is 1. The van der Waals surface area contributed by atoms with Crippen molar-refractivity contribution >= 4 is 22.5 Å². The number of nitrogens with zero attached hydrogens (tertiary/aromatic N) is 1. The maximum atomic E-state index is 12.8. The van der Waals surface area contributed by atoms with Gasteiger partial charge in [-0.15, -0.1) is 0 Å². The number of benzene rings is 1. The second-order valence-corrected chi connectivity index (χ2v) is 6.36. The van der Waals surface area contributed by atoms with Crippen LogP contribution >= 0.6 is 0 Å². The van der Waals surface area contributed by atoms with E-state index < -0.39 is 22.0 Å². The van der Waals surface area contributed by atoms with E-state index in [1.807, 2.05) is 0 Å². The van der Waals surface area contributed by atoms with Crippen LogP contribution in [0.1, 0.15) is 18.2 Å². The number of carbonyl (C=O) groups excluding carboxylic acids is 1. The highest BCUT2D eigenvalue weighted by atomic mass is 32.2. The monoisotopic (exact) mass is 310 g/mol. The number of hydrogen-bond donors (Lipinski definition) is 1. The molecule has 2 aromatic rings. The molecular weight excluding hydrogens is 295 g/mol. The summed E-state index contributed by atoms with van der Waals surface area (Å²) in [5.41, 5.74) is 0.715. The molecule has 0 aliphatic rings. The molecule has 1 aromatic carbocycles. The molecule has 0 spiro atoms. The minimum atomic E-state index is -1.41. The predicted molar refractivity (Wildman–Crippen MR) is 77.6 cm³/mol. The molecule has 112 valence electrons. The number of rotatable bonds is 5. The van der Waals surface area contributed by atoms with Crippen LogP contribution in [0.25, 0.3) is 0 Å². The van der Waals surface area contributed by atoms with E-state index in [0.29, 0.717) is 17.1 Å². The maximum Gasteiger partial charge on any atom is 0.241 e. The van der Waals surface area contributed by atoms with E-state index in [-0.39, 0.29) is 11.6 Å². The molecule has 1 amide bonds. The van der Waals surface area contributed by atoms with Crippen molar-refractivity contribution < 1.29 is 17.9 Å². The van der Waals surface area contributed by atoms with Gasteiger partial charge in [0.05, 0.1) is 0 Å². The number of hydrogen-bond acceptors (Lipinski definition) is 4. The molecule has 0 fully saturated rings. The summed E-state index contributed by atoms with van der Waals surface area (Å²) in [5.74, 6) is 0.307. The molecule has 0 aliphatic heterocycles. The van der Waals surface area contributed by atoms with Crippen LogP contribution in [0.15, 0.2) is 34.9 Å². The highest BCUT2D eigenvalue weighted by molar-refractivity contribution is 7.85. The Balaban J connectivity index is 1.95. The lowest BCUT2D eigenvalue weighted by molar-refractivity contribution is -0.115. The first-order valence-electron chi connectivity index (χ1n) is 6.31. The van der Waals surface area contributed by atoms with Crippen molar-refractivity contribution in [3.05, 3.63) is 47.5 Å². The van der Waals surface area contributed by atoms with E-state index in [0.717, 1.165) is 0 Å². The molecular formula is C14H15FN2O3S. The van der Waals surface area contributed by atoms with Crippen molar-refractivity contribution in [2.75, 3.05) is 5.32 Å². The van der Waals surface area contributed by atoms with Crippen molar-refractivity contribution in [1.29, 1.82) is 0 Å². The molecule has 1 N–H and O–H groups in total. The first-order valence-corrected chi connectivity index (χ1v) is 7.69. The summed E-state index contributed by atoms with van der Waals surface area (Å²) in [5, 5.41) is 5.47. The van der Waals surface area contributed by atoms with Gasteiger partial charge in [0.2, 0.25) is 5.91 Å². The van der Waals surface area contributed by atoms with Crippen molar-refractivity contribution in [3.8, 4) is 0 Å². The van der Waals surface area contributed by atoms with Crippen LogP contribution < -0.4 is 5.32 Å². The molecule has 0 aliphatic carbocycles.